The van der Waals surface area contributed by atoms with Gasteiger partial charge in [-0.3, -0.25) is 9.10 Å². The van der Waals surface area contributed by atoms with Crippen LogP contribution in [0.4, 0.5) is 5.69 Å². The van der Waals surface area contributed by atoms with Crippen LogP contribution in [0.2, 0.25) is 0 Å². The number of halogens is 1. The molecule has 1 N–H and O–H groups in total. The van der Waals surface area contributed by atoms with E-state index in [4.69, 9.17) is 5.11 Å². The number of carbonyl (C=O) groups is 1. The Morgan fingerprint density at radius 2 is 1.76 bits per heavy atom. The summed E-state index contributed by atoms with van der Waals surface area (Å²) in [5.41, 5.74) is 0.327. The zero-order valence-electron chi connectivity index (χ0n) is 10.8. The van der Waals surface area contributed by atoms with Crippen LogP contribution in [0.25, 0.3) is 0 Å². The smallest absolute Gasteiger partial charge is 0.324 e. The van der Waals surface area contributed by atoms with Crippen LogP contribution in [-0.4, -0.2) is 26.0 Å². The predicted molar refractivity (Wildman–Crippen MR) is 87.8 cm³/mol. The van der Waals surface area contributed by atoms with Crippen molar-refractivity contribution in [2.45, 2.75) is 4.90 Å². The van der Waals surface area contributed by atoms with Crippen LogP contribution in [0.1, 0.15) is 0 Å². The van der Waals surface area contributed by atoms with Gasteiger partial charge in [0.15, 0.2) is 0 Å². The SMILES string of the molecule is O=C(O)CN(c1cccc(I)c1)S(=O)(=O)c1ccccc1. The lowest BCUT2D eigenvalue weighted by molar-refractivity contribution is -0.135. The Kier molecular flexibility index (Phi) is 4.84. The normalized spacial score (nSPS) is 11.1. The first kappa shape index (κ1) is 15.8. The van der Waals surface area contributed by atoms with E-state index in [1.807, 2.05) is 22.6 Å². The van der Waals surface area contributed by atoms with Gasteiger partial charge >= 0.3 is 5.97 Å². The molecule has 2 aromatic rings. The van der Waals surface area contributed by atoms with Crippen LogP contribution in [-0.2, 0) is 14.8 Å². The standard InChI is InChI=1S/C14H12INO4S/c15-11-5-4-6-12(9-11)16(10-14(17)18)21(19,20)13-7-2-1-3-8-13/h1-9H,10H2,(H,17,18). The molecule has 7 heteroatoms. The highest BCUT2D eigenvalue weighted by atomic mass is 127. The van der Waals surface area contributed by atoms with Gasteiger partial charge < -0.3 is 5.11 Å². The van der Waals surface area contributed by atoms with Gasteiger partial charge in [0.2, 0.25) is 0 Å². The van der Waals surface area contributed by atoms with Crippen molar-refractivity contribution in [3.63, 3.8) is 0 Å². The van der Waals surface area contributed by atoms with Crippen molar-refractivity contribution in [1.29, 1.82) is 0 Å². The van der Waals surface area contributed by atoms with E-state index < -0.39 is 22.5 Å². The number of benzene rings is 2. The van der Waals surface area contributed by atoms with Gasteiger partial charge in [-0.1, -0.05) is 24.3 Å². The first-order chi connectivity index (χ1) is 9.91. The van der Waals surface area contributed by atoms with E-state index in [0.717, 1.165) is 7.88 Å². The maximum absolute atomic E-state index is 12.6. The van der Waals surface area contributed by atoms with Gasteiger partial charge in [-0.25, -0.2) is 8.42 Å². The van der Waals surface area contributed by atoms with E-state index in [0.29, 0.717) is 5.69 Å². The fourth-order valence-corrected chi connectivity index (χ4v) is 3.74. The number of hydrogen-bond donors (Lipinski definition) is 1. The van der Waals surface area contributed by atoms with Crippen molar-refractivity contribution in [3.8, 4) is 0 Å². The maximum Gasteiger partial charge on any atom is 0.324 e. The first-order valence-electron chi connectivity index (χ1n) is 5.96. The van der Waals surface area contributed by atoms with E-state index >= 15 is 0 Å². The summed E-state index contributed by atoms with van der Waals surface area (Å²) in [6.07, 6.45) is 0. The van der Waals surface area contributed by atoms with Crippen molar-refractivity contribution >= 4 is 44.3 Å². The summed E-state index contributed by atoms with van der Waals surface area (Å²) in [5.74, 6) is -1.21. The van der Waals surface area contributed by atoms with Gasteiger partial charge in [-0.2, -0.15) is 0 Å². The molecule has 0 unspecified atom stereocenters. The summed E-state index contributed by atoms with van der Waals surface area (Å²) >= 11 is 2.05. The van der Waals surface area contributed by atoms with Gasteiger partial charge in [-0.05, 0) is 52.9 Å². The number of rotatable bonds is 5. The highest BCUT2D eigenvalue weighted by molar-refractivity contribution is 14.1. The summed E-state index contributed by atoms with van der Waals surface area (Å²) in [7, 11) is -3.92. The minimum atomic E-state index is -3.92. The molecule has 2 rings (SSSR count). The van der Waals surface area contributed by atoms with Crippen molar-refractivity contribution in [3.05, 3.63) is 58.2 Å². The summed E-state index contributed by atoms with van der Waals surface area (Å²) in [4.78, 5) is 11.1. The Morgan fingerprint density at radius 1 is 1.10 bits per heavy atom. The van der Waals surface area contributed by atoms with Crippen LogP contribution < -0.4 is 4.31 Å². The van der Waals surface area contributed by atoms with E-state index in [9.17, 15) is 13.2 Å². The van der Waals surface area contributed by atoms with Crippen LogP contribution in [0.3, 0.4) is 0 Å². The summed E-state index contributed by atoms with van der Waals surface area (Å²) in [6, 6.07) is 14.5. The van der Waals surface area contributed by atoms with E-state index in [2.05, 4.69) is 0 Å². The third kappa shape index (κ3) is 3.73. The number of nitrogens with zero attached hydrogens (tertiary/aromatic N) is 1. The molecule has 0 saturated heterocycles. The van der Waals surface area contributed by atoms with Gasteiger partial charge in [0.25, 0.3) is 10.0 Å². The molecule has 0 amide bonds. The monoisotopic (exact) mass is 417 g/mol. The minimum Gasteiger partial charge on any atom is -0.480 e. The van der Waals surface area contributed by atoms with E-state index in [-0.39, 0.29) is 4.90 Å². The zero-order chi connectivity index (χ0) is 15.5. The van der Waals surface area contributed by atoms with Crippen molar-refractivity contribution in [2.24, 2.45) is 0 Å². The molecule has 5 nitrogen and oxygen atoms in total. The molecule has 0 aliphatic heterocycles. The Balaban J connectivity index is 2.53. The van der Waals surface area contributed by atoms with Crippen molar-refractivity contribution in [1.82, 2.24) is 0 Å². The third-order valence-corrected chi connectivity index (χ3v) is 5.17. The number of carboxylic acids is 1. The highest BCUT2D eigenvalue weighted by Crippen LogP contribution is 2.24. The Morgan fingerprint density at radius 3 is 2.33 bits per heavy atom. The lowest BCUT2D eigenvalue weighted by atomic mass is 10.3. The molecular formula is C14H12INO4S. The van der Waals surface area contributed by atoms with Crippen LogP contribution in [0.5, 0.6) is 0 Å². The average Bonchev–Trinajstić information content (AvgIpc) is 2.45. The van der Waals surface area contributed by atoms with Crippen molar-refractivity contribution < 1.29 is 18.3 Å². The molecule has 110 valence electrons. The largest absolute Gasteiger partial charge is 0.480 e. The van der Waals surface area contributed by atoms with Crippen LogP contribution in [0.15, 0.2) is 59.5 Å². The van der Waals surface area contributed by atoms with Gasteiger partial charge in [0.05, 0.1) is 10.6 Å². The molecule has 0 heterocycles. The number of anilines is 1. The second-order valence-corrected chi connectivity index (χ2v) is 7.31. The topological polar surface area (TPSA) is 74.7 Å². The minimum absolute atomic E-state index is 0.0603. The van der Waals surface area contributed by atoms with Gasteiger partial charge in [0, 0.05) is 3.57 Å². The van der Waals surface area contributed by atoms with Gasteiger partial charge in [0.1, 0.15) is 6.54 Å². The van der Waals surface area contributed by atoms with Crippen LogP contribution >= 0.6 is 22.6 Å². The summed E-state index contributed by atoms with van der Waals surface area (Å²) in [5, 5.41) is 9.02. The molecule has 0 saturated carbocycles. The fraction of sp³-hybridized carbons (Fsp3) is 0.0714. The fourth-order valence-electron chi connectivity index (χ4n) is 1.79. The first-order valence-corrected chi connectivity index (χ1v) is 8.48. The highest BCUT2D eigenvalue weighted by Gasteiger charge is 2.26. The summed E-state index contributed by atoms with van der Waals surface area (Å²) in [6.45, 7) is -0.628. The molecule has 2 aromatic carbocycles. The quantitative estimate of drug-likeness (QED) is 0.760. The van der Waals surface area contributed by atoms with Crippen molar-refractivity contribution in [2.75, 3.05) is 10.8 Å². The van der Waals surface area contributed by atoms with E-state index in [1.54, 1.807) is 42.5 Å². The predicted octanol–water partition coefficient (Wildman–Crippen LogP) is 2.57. The second kappa shape index (κ2) is 6.44. The molecule has 0 aliphatic rings. The van der Waals surface area contributed by atoms with E-state index in [1.165, 1.54) is 12.1 Å². The molecule has 0 aromatic heterocycles. The molecule has 0 bridgehead atoms. The second-order valence-electron chi connectivity index (χ2n) is 4.20. The Labute approximate surface area is 136 Å². The molecule has 0 atom stereocenters. The van der Waals surface area contributed by atoms with Crippen LogP contribution in [0, 0.1) is 3.57 Å². The average molecular weight is 417 g/mol. The molecule has 21 heavy (non-hydrogen) atoms. The molecule has 0 fully saturated rings. The number of carboxylic acid groups (broad SMARTS) is 1. The number of sulfonamides is 1. The molecular weight excluding hydrogens is 405 g/mol. The summed E-state index contributed by atoms with van der Waals surface area (Å²) < 4.78 is 27.0. The number of hydrogen-bond acceptors (Lipinski definition) is 3. The van der Waals surface area contributed by atoms with Gasteiger partial charge in [-0.15, -0.1) is 0 Å². The third-order valence-electron chi connectivity index (χ3n) is 2.71. The zero-order valence-corrected chi connectivity index (χ0v) is 13.8. The Bertz CT molecular complexity index is 747. The molecule has 0 spiro atoms. The lowest BCUT2D eigenvalue weighted by Crippen LogP contribution is -2.35. The Hall–Kier alpha value is -1.61. The molecule has 0 radical (unpaired) electrons. The number of aliphatic carboxylic acids is 1. The maximum atomic E-state index is 12.6. The lowest BCUT2D eigenvalue weighted by Gasteiger charge is -2.22. The molecule has 0 aliphatic carbocycles.